The standard InChI is InChI=1S/C13H12ClFN2OS/c14-8-5-7(3-4-9(8)15)10-12(19-13(16)17-10)11(18)6-1-2-6/h3-6,11,18H,1-2H2,(H2,16,17). The Balaban J connectivity index is 2.05. The Hall–Kier alpha value is -1.17. The fourth-order valence-corrected chi connectivity index (χ4v) is 3.14. The largest absolute Gasteiger partial charge is 0.387 e. The molecular formula is C13H12ClFN2OS. The Labute approximate surface area is 118 Å². The number of aliphatic hydroxyl groups is 1. The van der Waals surface area contributed by atoms with Crippen LogP contribution in [-0.2, 0) is 0 Å². The van der Waals surface area contributed by atoms with Crippen LogP contribution in [0.15, 0.2) is 18.2 Å². The number of nitrogens with two attached hydrogens (primary N) is 1. The normalized spacial score (nSPS) is 16.6. The van der Waals surface area contributed by atoms with Gasteiger partial charge in [0.15, 0.2) is 5.13 Å². The zero-order chi connectivity index (χ0) is 13.6. The Morgan fingerprint density at radius 1 is 1.47 bits per heavy atom. The number of nitrogens with zero attached hydrogens (tertiary/aromatic N) is 1. The van der Waals surface area contributed by atoms with Gasteiger partial charge in [0.1, 0.15) is 5.82 Å². The van der Waals surface area contributed by atoms with E-state index in [9.17, 15) is 9.50 Å². The van der Waals surface area contributed by atoms with Crippen LogP contribution in [0.25, 0.3) is 11.3 Å². The Kier molecular flexibility index (Phi) is 3.20. The van der Waals surface area contributed by atoms with Crippen molar-refractivity contribution in [1.29, 1.82) is 0 Å². The average Bonchev–Trinajstić information content (AvgIpc) is 3.15. The van der Waals surface area contributed by atoms with Crippen molar-refractivity contribution in [3.05, 3.63) is 33.9 Å². The summed E-state index contributed by atoms with van der Waals surface area (Å²) in [5, 5.41) is 10.7. The van der Waals surface area contributed by atoms with Crippen LogP contribution >= 0.6 is 22.9 Å². The molecule has 1 saturated carbocycles. The number of benzene rings is 1. The summed E-state index contributed by atoms with van der Waals surface area (Å²) in [6.45, 7) is 0. The monoisotopic (exact) mass is 298 g/mol. The minimum Gasteiger partial charge on any atom is -0.387 e. The molecule has 1 aliphatic rings. The molecule has 0 radical (unpaired) electrons. The summed E-state index contributed by atoms with van der Waals surface area (Å²) in [5.74, 6) is -0.188. The van der Waals surface area contributed by atoms with Crippen LogP contribution in [-0.4, -0.2) is 10.1 Å². The number of hydrogen-bond donors (Lipinski definition) is 2. The second-order valence-electron chi connectivity index (χ2n) is 4.68. The Morgan fingerprint density at radius 3 is 2.84 bits per heavy atom. The van der Waals surface area contributed by atoms with Crippen LogP contribution < -0.4 is 5.73 Å². The number of anilines is 1. The van der Waals surface area contributed by atoms with Gasteiger partial charge in [-0.1, -0.05) is 22.9 Å². The molecule has 3 rings (SSSR count). The molecule has 19 heavy (non-hydrogen) atoms. The summed E-state index contributed by atoms with van der Waals surface area (Å²) in [5.41, 5.74) is 7.01. The first-order valence-corrected chi connectivity index (χ1v) is 7.15. The minimum absolute atomic E-state index is 0.0379. The zero-order valence-corrected chi connectivity index (χ0v) is 11.5. The molecule has 100 valence electrons. The molecule has 1 fully saturated rings. The topological polar surface area (TPSA) is 59.1 Å². The van der Waals surface area contributed by atoms with E-state index in [0.717, 1.165) is 17.7 Å². The molecule has 0 amide bonds. The van der Waals surface area contributed by atoms with Gasteiger partial charge in [-0.2, -0.15) is 0 Å². The fraction of sp³-hybridized carbons (Fsp3) is 0.308. The van der Waals surface area contributed by atoms with E-state index in [1.165, 1.54) is 23.5 Å². The summed E-state index contributed by atoms with van der Waals surface area (Å²) in [6, 6.07) is 4.40. The summed E-state index contributed by atoms with van der Waals surface area (Å²) < 4.78 is 13.2. The number of halogens is 2. The van der Waals surface area contributed by atoms with Crippen molar-refractivity contribution < 1.29 is 9.50 Å². The second kappa shape index (κ2) is 4.74. The third-order valence-electron chi connectivity index (χ3n) is 3.20. The molecule has 1 unspecified atom stereocenters. The maximum absolute atomic E-state index is 13.2. The number of thiazole rings is 1. The van der Waals surface area contributed by atoms with E-state index in [1.54, 1.807) is 6.07 Å². The SMILES string of the molecule is Nc1nc(-c2ccc(F)c(Cl)c2)c(C(O)C2CC2)s1. The number of rotatable bonds is 3. The van der Waals surface area contributed by atoms with Gasteiger partial charge >= 0.3 is 0 Å². The molecule has 2 aromatic rings. The highest BCUT2D eigenvalue weighted by Gasteiger charge is 2.34. The molecule has 0 spiro atoms. The predicted octanol–water partition coefficient (Wildman–Crippen LogP) is 3.63. The highest BCUT2D eigenvalue weighted by atomic mass is 35.5. The molecule has 1 aromatic carbocycles. The number of nitrogen functional groups attached to an aromatic ring is 1. The van der Waals surface area contributed by atoms with Crippen molar-refractivity contribution in [3.8, 4) is 11.3 Å². The van der Waals surface area contributed by atoms with Crippen LogP contribution in [0.5, 0.6) is 0 Å². The Morgan fingerprint density at radius 2 is 2.21 bits per heavy atom. The first-order chi connectivity index (χ1) is 9.06. The molecular weight excluding hydrogens is 287 g/mol. The summed E-state index contributed by atoms with van der Waals surface area (Å²) >= 11 is 7.06. The number of aliphatic hydroxyl groups excluding tert-OH is 1. The van der Waals surface area contributed by atoms with Crippen molar-refractivity contribution in [2.75, 3.05) is 5.73 Å². The molecule has 3 nitrogen and oxygen atoms in total. The van der Waals surface area contributed by atoms with Crippen molar-refractivity contribution >= 4 is 28.1 Å². The lowest BCUT2D eigenvalue weighted by molar-refractivity contribution is 0.158. The van der Waals surface area contributed by atoms with Crippen LogP contribution in [0.1, 0.15) is 23.8 Å². The summed E-state index contributed by atoms with van der Waals surface area (Å²) in [4.78, 5) is 4.98. The smallest absolute Gasteiger partial charge is 0.180 e. The zero-order valence-electron chi connectivity index (χ0n) is 9.94. The molecule has 6 heteroatoms. The maximum Gasteiger partial charge on any atom is 0.180 e. The second-order valence-corrected chi connectivity index (χ2v) is 6.15. The third-order valence-corrected chi connectivity index (χ3v) is 4.44. The third kappa shape index (κ3) is 2.45. The molecule has 1 aromatic heterocycles. The van der Waals surface area contributed by atoms with E-state index >= 15 is 0 Å². The van der Waals surface area contributed by atoms with E-state index in [0.29, 0.717) is 16.4 Å². The van der Waals surface area contributed by atoms with Gasteiger partial charge in [0.25, 0.3) is 0 Å². The summed E-state index contributed by atoms with van der Waals surface area (Å²) in [6.07, 6.45) is 1.49. The van der Waals surface area contributed by atoms with Gasteiger partial charge in [-0.05, 0) is 37.0 Å². The molecule has 0 aliphatic heterocycles. The fourth-order valence-electron chi connectivity index (χ4n) is 2.03. The van der Waals surface area contributed by atoms with Gasteiger partial charge < -0.3 is 10.8 Å². The molecule has 1 atom stereocenters. The predicted molar refractivity (Wildman–Crippen MR) is 74.6 cm³/mol. The molecule has 3 N–H and O–H groups in total. The first kappa shape index (κ1) is 12.8. The van der Waals surface area contributed by atoms with E-state index in [-0.39, 0.29) is 10.9 Å². The van der Waals surface area contributed by atoms with Gasteiger partial charge in [0, 0.05) is 5.56 Å². The van der Waals surface area contributed by atoms with Gasteiger partial charge in [-0.25, -0.2) is 9.37 Å². The maximum atomic E-state index is 13.2. The minimum atomic E-state index is -0.548. The highest BCUT2D eigenvalue weighted by molar-refractivity contribution is 7.15. The van der Waals surface area contributed by atoms with E-state index < -0.39 is 11.9 Å². The molecule has 1 heterocycles. The molecule has 1 aliphatic carbocycles. The van der Waals surface area contributed by atoms with Crippen LogP contribution in [0, 0.1) is 11.7 Å². The van der Waals surface area contributed by atoms with Crippen molar-refractivity contribution in [2.45, 2.75) is 18.9 Å². The lowest BCUT2D eigenvalue weighted by atomic mass is 10.1. The van der Waals surface area contributed by atoms with Crippen LogP contribution in [0.2, 0.25) is 5.02 Å². The van der Waals surface area contributed by atoms with Gasteiger partial charge in [0.05, 0.1) is 21.7 Å². The van der Waals surface area contributed by atoms with Gasteiger partial charge in [-0.15, -0.1) is 0 Å². The lowest BCUT2D eigenvalue weighted by Crippen LogP contribution is -1.99. The summed E-state index contributed by atoms with van der Waals surface area (Å²) in [7, 11) is 0. The van der Waals surface area contributed by atoms with Gasteiger partial charge in [0.2, 0.25) is 0 Å². The average molecular weight is 299 g/mol. The quantitative estimate of drug-likeness (QED) is 0.909. The van der Waals surface area contributed by atoms with E-state index in [2.05, 4.69) is 4.98 Å². The highest BCUT2D eigenvalue weighted by Crippen LogP contribution is 2.46. The lowest BCUT2D eigenvalue weighted by Gasteiger charge is -2.09. The number of hydrogen-bond acceptors (Lipinski definition) is 4. The van der Waals surface area contributed by atoms with Crippen molar-refractivity contribution in [3.63, 3.8) is 0 Å². The number of aromatic nitrogens is 1. The van der Waals surface area contributed by atoms with Gasteiger partial charge in [-0.3, -0.25) is 0 Å². The molecule has 0 bridgehead atoms. The Bertz CT molecular complexity index is 627. The van der Waals surface area contributed by atoms with E-state index in [4.69, 9.17) is 17.3 Å². The van der Waals surface area contributed by atoms with Crippen LogP contribution in [0.3, 0.4) is 0 Å². The van der Waals surface area contributed by atoms with Crippen molar-refractivity contribution in [1.82, 2.24) is 4.98 Å². The molecule has 0 saturated heterocycles. The van der Waals surface area contributed by atoms with E-state index in [1.807, 2.05) is 0 Å². The van der Waals surface area contributed by atoms with Crippen molar-refractivity contribution in [2.24, 2.45) is 5.92 Å². The first-order valence-electron chi connectivity index (χ1n) is 5.96. The van der Waals surface area contributed by atoms with Crippen LogP contribution in [0.4, 0.5) is 9.52 Å².